The van der Waals surface area contributed by atoms with E-state index in [0.29, 0.717) is 6.42 Å². The average molecular weight is 183 g/mol. The summed E-state index contributed by atoms with van der Waals surface area (Å²) < 4.78 is 0. The SMILES string of the molecule is CCC1(C)C(=O)NC=C(CO)C1=O. The highest BCUT2D eigenvalue weighted by molar-refractivity contribution is 6.15. The molecule has 1 unspecified atom stereocenters. The summed E-state index contributed by atoms with van der Waals surface area (Å²) in [5.74, 6) is -0.571. The van der Waals surface area contributed by atoms with Gasteiger partial charge in [0.05, 0.1) is 6.61 Å². The Bertz CT molecular complexity index is 283. The van der Waals surface area contributed by atoms with Gasteiger partial charge in [0.2, 0.25) is 5.91 Å². The summed E-state index contributed by atoms with van der Waals surface area (Å²) in [4.78, 5) is 23.0. The van der Waals surface area contributed by atoms with Crippen molar-refractivity contribution >= 4 is 11.7 Å². The third-order valence-corrected chi connectivity index (χ3v) is 2.55. The summed E-state index contributed by atoms with van der Waals surface area (Å²) in [6.07, 6.45) is 1.72. The van der Waals surface area contributed by atoms with Crippen molar-refractivity contribution in [2.75, 3.05) is 6.61 Å². The van der Waals surface area contributed by atoms with Crippen LogP contribution in [-0.2, 0) is 9.59 Å². The van der Waals surface area contributed by atoms with Gasteiger partial charge in [0.25, 0.3) is 0 Å². The number of hydrogen-bond acceptors (Lipinski definition) is 3. The molecule has 0 saturated carbocycles. The first kappa shape index (κ1) is 9.92. The van der Waals surface area contributed by atoms with Crippen LogP contribution in [0, 0.1) is 5.41 Å². The van der Waals surface area contributed by atoms with E-state index in [0.717, 1.165) is 0 Å². The number of hydrogen-bond donors (Lipinski definition) is 2. The van der Waals surface area contributed by atoms with Crippen LogP contribution in [0.5, 0.6) is 0 Å². The van der Waals surface area contributed by atoms with Gasteiger partial charge >= 0.3 is 0 Å². The van der Waals surface area contributed by atoms with E-state index in [1.165, 1.54) is 6.20 Å². The molecule has 1 atom stereocenters. The Morgan fingerprint density at radius 1 is 1.54 bits per heavy atom. The number of nitrogens with one attached hydrogen (secondary N) is 1. The van der Waals surface area contributed by atoms with Crippen molar-refractivity contribution in [1.82, 2.24) is 5.32 Å². The average Bonchev–Trinajstić information content (AvgIpc) is 2.15. The minimum atomic E-state index is -1.01. The first-order chi connectivity index (χ1) is 6.06. The van der Waals surface area contributed by atoms with Crippen LogP contribution in [0.2, 0.25) is 0 Å². The van der Waals surface area contributed by atoms with Crippen molar-refractivity contribution < 1.29 is 14.7 Å². The van der Waals surface area contributed by atoms with E-state index in [2.05, 4.69) is 5.32 Å². The third kappa shape index (κ3) is 1.37. The molecular weight excluding hydrogens is 170 g/mol. The van der Waals surface area contributed by atoms with Crippen LogP contribution >= 0.6 is 0 Å². The van der Waals surface area contributed by atoms with E-state index in [-0.39, 0.29) is 23.9 Å². The van der Waals surface area contributed by atoms with Crippen LogP contribution in [0.3, 0.4) is 0 Å². The Morgan fingerprint density at radius 2 is 2.15 bits per heavy atom. The van der Waals surface area contributed by atoms with Crippen LogP contribution in [0.15, 0.2) is 11.8 Å². The van der Waals surface area contributed by atoms with Gasteiger partial charge < -0.3 is 10.4 Å². The topological polar surface area (TPSA) is 66.4 Å². The maximum absolute atomic E-state index is 11.6. The smallest absolute Gasteiger partial charge is 0.237 e. The number of aliphatic hydroxyl groups is 1. The monoisotopic (exact) mass is 183 g/mol. The van der Waals surface area contributed by atoms with Crippen molar-refractivity contribution in [3.8, 4) is 0 Å². The van der Waals surface area contributed by atoms with E-state index in [1.807, 2.05) is 0 Å². The third-order valence-electron chi connectivity index (χ3n) is 2.55. The van der Waals surface area contributed by atoms with Crippen LogP contribution < -0.4 is 5.32 Å². The Kier molecular flexibility index (Phi) is 2.52. The summed E-state index contributed by atoms with van der Waals surface area (Å²) in [5, 5.41) is 11.3. The van der Waals surface area contributed by atoms with Crippen molar-refractivity contribution in [2.24, 2.45) is 5.41 Å². The standard InChI is InChI=1S/C9H13NO3/c1-3-9(2)7(12)6(5-11)4-10-8(9)13/h4,11H,3,5H2,1-2H3,(H,10,13). The number of carbonyl (C=O) groups is 2. The number of Topliss-reactive ketones (excluding diaryl/α,β-unsaturated/α-hetero) is 1. The molecule has 1 amide bonds. The molecule has 72 valence electrons. The molecule has 1 rings (SSSR count). The highest BCUT2D eigenvalue weighted by Crippen LogP contribution is 2.28. The summed E-state index contributed by atoms with van der Waals surface area (Å²) in [6.45, 7) is 3.04. The zero-order chi connectivity index (χ0) is 10.1. The minimum absolute atomic E-state index is 0.268. The molecule has 0 radical (unpaired) electrons. The number of rotatable bonds is 2. The van der Waals surface area contributed by atoms with Gasteiger partial charge in [0.15, 0.2) is 5.78 Å². The number of carbonyl (C=O) groups excluding carboxylic acids is 2. The fraction of sp³-hybridized carbons (Fsp3) is 0.556. The number of ketones is 1. The molecule has 0 aromatic carbocycles. The molecule has 4 nitrogen and oxygen atoms in total. The second kappa shape index (κ2) is 3.30. The highest BCUT2D eigenvalue weighted by Gasteiger charge is 2.42. The second-order valence-corrected chi connectivity index (χ2v) is 3.32. The lowest BCUT2D eigenvalue weighted by Gasteiger charge is -2.29. The van der Waals surface area contributed by atoms with Crippen molar-refractivity contribution in [1.29, 1.82) is 0 Å². The zero-order valence-corrected chi connectivity index (χ0v) is 7.76. The zero-order valence-electron chi connectivity index (χ0n) is 7.76. The molecule has 2 N–H and O–H groups in total. The van der Waals surface area contributed by atoms with Gasteiger partial charge in [-0.15, -0.1) is 0 Å². The van der Waals surface area contributed by atoms with Crippen molar-refractivity contribution in [3.63, 3.8) is 0 Å². The van der Waals surface area contributed by atoms with Crippen molar-refractivity contribution in [3.05, 3.63) is 11.8 Å². The molecule has 4 heteroatoms. The van der Waals surface area contributed by atoms with Gasteiger partial charge in [-0.3, -0.25) is 9.59 Å². The molecular formula is C9H13NO3. The molecule has 0 saturated heterocycles. The lowest BCUT2D eigenvalue weighted by atomic mass is 9.77. The molecule has 0 spiro atoms. The molecule has 0 bridgehead atoms. The lowest BCUT2D eigenvalue weighted by molar-refractivity contribution is -0.140. The summed E-state index contributed by atoms with van der Waals surface area (Å²) in [7, 11) is 0. The van der Waals surface area contributed by atoms with Gasteiger partial charge in [-0.1, -0.05) is 6.92 Å². The fourth-order valence-corrected chi connectivity index (χ4v) is 1.27. The fourth-order valence-electron chi connectivity index (χ4n) is 1.27. The first-order valence-corrected chi connectivity index (χ1v) is 4.22. The molecule has 1 heterocycles. The second-order valence-electron chi connectivity index (χ2n) is 3.32. The van der Waals surface area contributed by atoms with Crippen molar-refractivity contribution in [2.45, 2.75) is 20.3 Å². The van der Waals surface area contributed by atoms with Crippen LogP contribution in [0.4, 0.5) is 0 Å². The maximum atomic E-state index is 11.6. The van der Waals surface area contributed by atoms with E-state index in [9.17, 15) is 9.59 Å². The van der Waals surface area contributed by atoms with E-state index < -0.39 is 5.41 Å². The molecule has 13 heavy (non-hydrogen) atoms. The van der Waals surface area contributed by atoms with Gasteiger partial charge in [0.1, 0.15) is 5.41 Å². The summed E-state index contributed by atoms with van der Waals surface area (Å²) >= 11 is 0. The molecule has 1 aliphatic rings. The van der Waals surface area contributed by atoms with E-state index in [1.54, 1.807) is 13.8 Å². The molecule has 0 aromatic rings. The van der Waals surface area contributed by atoms with Crippen LogP contribution in [-0.4, -0.2) is 23.4 Å². The first-order valence-electron chi connectivity index (χ1n) is 4.22. The predicted octanol–water partition coefficient (Wildman–Crippen LogP) is -0.0222. The highest BCUT2D eigenvalue weighted by atomic mass is 16.3. The number of aliphatic hydroxyl groups excluding tert-OH is 1. The van der Waals surface area contributed by atoms with Gasteiger partial charge in [0, 0.05) is 11.8 Å². The van der Waals surface area contributed by atoms with Crippen LogP contribution in [0.25, 0.3) is 0 Å². The van der Waals surface area contributed by atoms with E-state index in [4.69, 9.17) is 5.11 Å². The number of amides is 1. The van der Waals surface area contributed by atoms with Gasteiger partial charge in [-0.2, -0.15) is 0 Å². The van der Waals surface area contributed by atoms with Gasteiger partial charge in [-0.25, -0.2) is 0 Å². The largest absolute Gasteiger partial charge is 0.391 e. The normalized spacial score (nSPS) is 28.4. The quantitative estimate of drug-likeness (QED) is 0.591. The lowest BCUT2D eigenvalue weighted by Crippen LogP contribution is -2.47. The Hall–Kier alpha value is -1.16. The summed E-state index contributed by atoms with van der Waals surface area (Å²) in [5.41, 5.74) is -0.740. The predicted molar refractivity (Wildman–Crippen MR) is 46.7 cm³/mol. The molecule has 0 aromatic heterocycles. The maximum Gasteiger partial charge on any atom is 0.237 e. The Balaban J connectivity index is 3.06. The Labute approximate surface area is 76.6 Å². The van der Waals surface area contributed by atoms with Crippen LogP contribution in [0.1, 0.15) is 20.3 Å². The minimum Gasteiger partial charge on any atom is -0.391 e. The molecule has 1 aliphatic heterocycles. The molecule has 0 aliphatic carbocycles. The molecule has 0 fully saturated rings. The summed E-state index contributed by atoms with van der Waals surface area (Å²) in [6, 6.07) is 0. The van der Waals surface area contributed by atoms with E-state index >= 15 is 0 Å². The van der Waals surface area contributed by atoms with Gasteiger partial charge in [-0.05, 0) is 13.3 Å². The Morgan fingerprint density at radius 3 is 2.62 bits per heavy atom.